The number of methoxy groups -OCH3 is 1. The van der Waals surface area contributed by atoms with Gasteiger partial charge in [0.2, 0.25) is 72.8 Å². The molecule has 2 heterocycles. The Morgan fingerprint density at radius 2 is 0.627 bits per heavy atom. The minimum Gasteiger partial charge on any atom is -0.726 e. The molecule has 2 rings (SSSR count). The van der Waals surface area contributed by atoms with Gasteiger partial charge in [-0.2, -0.15) is 0 Å². The molecule has 59 heavy (non-hydrogen) atoms. The molecule has 0 aromatic heterocycles. The third-order valence-electron chi connectivity index (χ3n) is 5.60. The van der Waals surface area contributed by atoms with Crippen LogP contribution in [0, 0.1) is 0 Å². The molecule has 310 valence electrons. The second kappa shape index (κ2) is 30.6. The van der Waals surface area contributed by atoms with Gasteiger partial charge in [0.1, 0.15) is 36.6 Å². The van der Waals surface area contributed by atoms with E-state index in [1.165, 1.54) is 0 Å². The van der Waals surface area contributed by atoms with E-state index in [0.717, 1.165) is 0 Å². The van der Waals surface area contributed by atoms with E-state index in [0.29, 0.717) is 7.11 Å². The summed E-state index contributed by atoms with van der Waals surface area (Å²) >= 11 is 0. The molecule has 0 saturated carbocycles. The Balaban J connectivity index is -0.00000100. The summed E-state index contributed by atoms with van der Waals surface area (Å²) in [5, 5.41) is 0. The third-order valence-corrected chi connectivity index (χ3v) is 8.74. The van der Waals surface area contributed by atoms with Crippen molar-refractivity contribution in [2.45, 2.75) is 61.4 Å². The Bertz CT molecular complexity index is 2050. The third kappa shape index (κ3) is 31.0. The summed E-state index contributed by atoms with van der Waals surface area (Å²) in [5.41, 5.74) is 0. The van der Waals surface area contributed by atoms with Crippen LogP contribution in [0.15, 0.2) is 0 Å². The Morgan fingerprint density at radius 1 is 0.373 bits per heavy atom. The van der Waals surface area contributed by atoms with Crippen LogP contribution in [0.2, 0.25) is 0 Å². The fraction of sp³-hybridized carbons (Fsp3) is 1.00. The maximum Gasteiger partial charge on any atom is 1.00 e. The molecule has 10 atom stereocenters. The van der Waals surface area contributed by atoms with Crippen molar-refractivity contribution >= 4 is 72.8 Å². The molecule has 0 radical (unpaired) electrons. The Kier molecular flexibility index (Phi) is 39.7. The van der Waals surface area contributed by atoms with Gasteiger partial charge in [0.15, 0.2) is 24.8 Å². The first-order valence-corrected chi connectivity index (χ1v) is 21.3. The second-order valence-corrected chi connectivity index (χ2v) is 16.3. The van der Waals surface area contributed by atoms with E-state index in [-0.39, 0.29) is 207 Å². The molecule has 2 saturated heterocycles. The maximum atomic E-state index is 11.6. The number of hydrogen-bond donors (Lipinski definition) is 0. The zero-order chi connectivity index (χ0) is 40.5. The van der Waals surface area contributed by atoms with Crippen molar-refractivity contribution in [2.75, 3.05) is 20.3 Å². The van der Waals surface area contributed by atoms with E-state index in [9.17, 15) is 90.8 Å². The van der Waals surface area contributed by atoms with Crippen LogP contribution in [-0.2, 0) is 121 Å². The molecule has 2 aliphatic rings. The average Bonchev–Trinajstić information content (AvgIpc) is 2.87. The summed E-state index contributed by atoms with van der Waals surface area (Å²) in [6.45, 7) is -3.75. The minimum absolute atomic E-state index is 0. The van der Waals surface area contributed by atoms with Crippen LogP contribution in [0.4, 0.5) is 0 Å². The van der Waals surface area contributed by atoms with Crippen LogP contribution < -0.4 is 207 Å². The SMILES string of the molecule is CO[C@H]1O[C@H](COS(=O)(=O)[O-])[C@@H](OS(=O)(=O)[O-])[C@H](O[C@H]2O[C@H](COS(=O)(=O)[O-])[C@@H](OS(=O)(=O)[O-])[C@H](OS(=O)(=O)[O-])[C@@H]2OS(=O)(=O)[O-])[C@@H]1OS(=O)(=O)[O-].[Na+].[Na+].[Na+].[Na+].[Na+].[Na+].[Na+]. The van der Waals surface area contributed by atoms with Gasteiger partial charge in [-0.25, -0.2) is 58.9 Å². The van der Waals surface area contributed by atoms with Crippen molar-refractivity contribution in [3.8, 4) is 0 Å². The van der Waals surface area contributed by atoms with Gasteiger partial charge in [-0.3, -0.25) is 29.3 Å². The molecule has 0 bridgehead atoms. The molecule has 0 unspecified atom stereocenters. The maximum absolute atomic E-state index is 11.6. The fourth-order valence-electron chi connectivity index (χ4n) is 4.16. The molecule has 0 aliphatic carbocycles. The summed E-state index contributed by atoms with van der Waals surface area (Å²) in [7, 11) is -42.7. The Hall–Kier alpha value is 5.93. The molecule has 2 aliphatic heterocycles. The Morgan fingerprint density at radius 3 is 0.915 bits per heavy atom. The largest absolute Gasteiger partial charge is 1.00 e. The molecule has 32 nitrogen and oxygen atoms in total. The van der Waals surface area contributed by atoms with Crippen LogP contribution in [0.1, 0.15) is 0 Å². The summed E-state index contributed by atoms with van der Waals surface area (Å²) in [4.78, 5) is 0. The van der Waals surface area contributed by atoms with E-state index in [1.54, 1.807) is 0 Å². The second-order valence-electron chi connectivity index (χ2n) is 9.15. The van der Waals surface area contributed by atoms with E-state index in [2.05, 4.69) is 34.0 Å². The van der Waals surface area contributed by atoms with Crippen LogP contribution >= 0.6 is 0 Å². The summed E-state index contributed by atoms with van der Waals surface area (Å²) in [5.74, 6) is 0. The van der Waals surface area contributed by atoms with Gasteiger partial charge < -0.3 is 50.8 Å². The zero-order valence-electron chi connectivity index (χ0n) is 31.1. The minimum atomic E-state index is -6.41. The quantitative estimate of drug-likeness (QED) is 0.0658. The predicted octanol–water partition coefficient (Wildman–Crippen LogP) is -29.3. The molecule has 0 aromatic carbocycles. The van der Waals surface area contributed by atoms with Gasteiger partial charge in [0.05, 0.1) is 13.2 Å². The van der Waals surface area contributed by atoms with Crippen molar-refractivity contribution in [1.29, 1.82) is 0 Å². The zero-order valence-corrected chi connectivity index (χ0v) is 50.8. The average molecular weight is 1070 g/mol. The summed E-state index contributed by atoms with van der Waals surface area (Å²) in [6, 6.07) is 0. The van der Waals surface area contributed by atoms with E-state index in [1.807, 2.05) is 0 Å². The van der Waals surface area contributed by atoms with Gasteiger partial charge in [-0.1, -0.05) is 0 Å². The fourth-order valence-corrected chi connectivity index (χ4v) is 7.21. The first-order valence-electron chi connectivity index (χ1n) is 12.0. The molecule has 46 heteroatoms. The molecule has 0 aromatic rings. The van der Waals surface area contributed by atoms with Crippen molar-refractivity contribution in [3.63, 3.8) is 0 Å². The van der Waals surface area contributed by atoms with E-state index < -0.39 is 147 Å². The van der Waals surface area contributed by atoms with E-state index >= 15 is 0 Å². The Labute approximate surface area is 491 Å². The molecule has 2 fully saturated rings. The summed E-state index contributed by atoms with van der Waals surface area (Å²) < 4.78 is 287. The molecule has 0 N–H and O–H groups in total. The van der Waals surface area contributed by atoms with Crippen molar-refractivity contribution in [3.05, 3.63) is 0 Å². The number of ether oxygens (including phenoxy) is 4. The molecule has 0 amide bonds. The van der Waals surface area contributed by atoms with E-state index in [4.69, 9.17) is 14.2 Å². The van der Waals surface area contributed by atoms with Gasteiger partial charge in [0, 0.05) is 7.11 Å². The van der Waals surface area contributed by atoms with Crippen LogP contribution in [0.25, 0.3) is 0 Å². The van der Waals surface area contributed by atoms with Gasteiger partial charge >= 0.3 is 207 Å². The normalized spacial score (nSPS) is 27.9. The topological polar surface area (TPSA) is 502 Å². The monoisotopic (exact) mass is 1070 g/mol. The van der Waals surface area contributed by atoms with Crippen molar-refractivity contribution in [2.24, 2.45) is 0 Å². The summed E-state index contributed by atoms with van der Waals surface area (Å²) in [6.07, 6.45) is -30.7. The smallest absolute Gasteiger partial charge is 0.726 e. The molecular formula is C13H17Na7O32S7. The van der Waals surface area contributed by atoms with Crippen LogP contribution in [0.3, 0.4) is 0 Å². The number of hydrogen-bond acceptors (Lipinski definition) is 32. The molecular weight excluding hydrogens is 1050 g/mol. The molecule has 0 spiro atoms. The van der Waals surface area contributed by atoms with Crippen molar-refractivity contribution < 1.29 is 346 Å². The number of rotatable bonds is 19. The first-order chi connectivity index (χ1) is 23.1. The van der Waals surface area contributed by atoms with Gasteiger partial charge in [0.25, 0.3) is 0 Å². The van der Waals surface area contributed by atoms with Gasteiger partial charge in [-0.05, 0) is 0 Å². The van der Waals surface area contributed by atoms with Gasteiger partial charge in [-0.15, -0.1) is 0 Å². The van der Waals surface area contributed by atoms with Crippen LogP contribution in [-0.4, -0.2) is 173 Å². The standard InChI is InChI=1S/C13H24O32S7.7Na/c1-35-12-10(44-51(29,30)31)8(6(41-48(20,21)22)4(38-12)2-36-46(14,15)16)40-13-11(45-52(32,33)34)9(43-50(26,27)28)7(42-49(23,24)25)5(39-13)3-37-47(17,18)19;;;;;;;/h4-13H,2-3H2,1H3,(H,14,15,16)(H,17,18,19)(H,20,21,22)(H,23,24,25)(H,26,27,28)(H,29,30,31)(H,32,33,34);;;;;;;/q;7*+1/p-7/t4-,5-,6-,7-,8+,9+,10+,11+,12+,13-;;;;;;;/m1......./s1. The predicted molar refractivity (Wildman–Crippen MR) is 133 cm³/mol. The first kappa shape index (κ1) is 76.4. The van der Waals surface area contributed by atoms with Crippen LogP contribution in [0.5, 0.6) is 0 Å². The van der Waals surface area contributed by atoms with Crippen molar-refractivity contribution in [1.82, 2.24) is 0 Å².